The van der Waals surface area contributed by atoms with E-state index in [4.69, 9.17) is 15.1 Å². The van der Waals surface area contributed by atoms with Gasteiger partial charge in [-0.25, -0.2) is 0 Å². The van der Waals surface area contributed by atoms with E-state index in [9.17, 15) is 9.59 Å². The molecule has 2 aromatic carbocycles. The summed E-state index contributed by atoms with van der Waals surface area (Å²) in [5, 5.41) is 0. The Morgan fingerprint density at radius 1 is 0.838 bits per heavy atom. The van der Waals surface area contributed by atoms with Gasteiger partial charge in [-0.15, -0.1) is 0 Å². The largest absolute Gasteiger partial charge is 0.461 e. The standard InChI is InChI=1S/C17H16N2OS.C6H6O2.2C4H10/c1-11(20)12-6-7-17-15(10-12)19-14(8-9-18)13-4-2-3-5-16(13)21-17;1-5(7)6-3-2-4-8-6;2*1-3-4-2/h2-7,10H,8-9,18H2,1H3;2-4H,1H3;2*3-4H2,1-2H3. The van der Waals surface area contributed by atoms with Crippen LogP contribution in [0.3, 0.4) is 0 Å². The van der Waals surface area contributed by atoms with E-state index in [2.05, 4.69) is 39.8 Å². The number of fused-ring (bicyclic) bond motifs is 2. The van der Waals surface area contributed by atoms with Crippen LogP contribution in [0.4, 0.5) is 5.69 Å². The Balaban J connectivity index is 0.000000351. The molecule has 200 valence electrons. The normalized spacial score (nSPS) is 10.9. The molecule has 1 aliphatic heterocycles. The van der Waals surface area contributed by atoms with Crippen LogP contribution in [0.5, 0.6) is 0 Å². The number of ketones is 2. The van der Waals surface area contributed by atoms with Gasteiger partial charge < -0.3 is 10.2 Å². The highest BCUT2D eigenvalue weighted by molar-refractivity contribution is 7.99. The van der Waals surface area contributed by atoms with Crippen molar-refractivity contribution in [2.75, 3.05) is 6.54 Å². The first-order valence-corrected chi connectivity index (χ1v) is 13.9. The maximum atomic E-state index is 11.6. The number of aliphatic imine (C=N–C) groups is 1. The number of rotatable bonds is 6. The van der Waals surface area contributed by atoms with Gasteiger partial charge >= 0.3 is 0 Å². The van der Waals surface area contributed by atoms with E-state index in [1.165, 1.54) is 43.8 Å². The Morgan fingerprint density at radius 2 is 1.49 bits per heavy atom. The van der Waals surface area contributed by atoms with Gasteiger partial charge in [0, 0.05) is 34.3 Å². The monoisotopic (exact) mass is 522 g/mol. The lowest BCUT2D eigenvalue weighted by molar-refractivity contribution is 0.0985. The van der Waals surface area contributed by atoms with E-state index < -0.39 is 0 Å². The highest BCUT2D eigenvalue weighted by Crippen LogP contribution is 2.41. The van der Waals surface area contributed by atoms with Crippen molar-refractivity contribution >= 4 is 34.7 Å². The second-order valence-electron chi connectivity index (χ2n) is 8.47. The molecular formula is C31H42N2O3S. The van der Waals surface area contributed by atoms with Crippen molar-refractivity contribution in [3.05, 3.63) is 77.7 Å². The molecule has 4 rings (SSSR count). The van der Waals surface area contributed by atoms with Crippen molar-refractivity contribution in [2.45, 2.75) is 83.4 Å². The Labute approximate surface area is 227 Å². The molecule has 0 fully saturated rings. The molecule has 5 nitrogen and oxygen atoms in total. The molecule has 0 amide bonds. The third kappa shape index (κ3) is 11.3. The molecule has 2 N–H and O–H groups in total. The summed E-state index contributed by atoms with van der Waals surface area (Å²) < 4.78 is 4.75. The minimum atomic E-state index is -0.0324. The zero-order valence-corrected chi connectivity index (χ0v) is 24.0. The topological polar surface area (TPSA) is 85.7 Å². The van der Waals surface area contributed by atoms with Crippen LogP contribution >= 0.6 is 11.8 Å². The summed E-state index contributed by atoms with van der Waals surface area (Å²) in [6.07, 6.45) is 7.48. The maximum Gasteiger partial charge on any atom is 0.194 e. The molecule has 0 spiro atoms. The highest BCUT2D eigenvalue weighted by Gasteiger charge is 2.17. The SMILES string of the molecule is CC(=O)c1ccc2c(c1)N=C(CCN)c1ccccc1S2.CC(=O)c1ccco1.CCCC.CCCC. The molecule has 37 heavy (non-hydrogen) atoms. The van der Waals surface area contributed by atoms with Crippen LogP contribution in [0, 0.1) is 0 Å². The summed E-state index contributed by atoms with van der Waals surface area (Å²) >= 11 is 1.69. The number of carbonyl (C=O) groups excluding carboxylic acids is 2. The number of benzene rings is 2. The van der Waals surface area contributed by atoms with Crippen molar-refractivity contribution in [3.63, 3.8) is 0 Å². The van der Waals surface area contributed by atoms with Crippen LogP contribution in [0.1, 0.15) is 100 Å². The maximum absolute atomic E-state index is 11.6. The van der Waals surface area contributed by atoms with E-state index >= 15 is 0 Å². The second-order valence-corrected chi connectivity index (χ2v) is 9.55. The van der Waals surface area contributed by atoms with Crippen LogP contribution in [0.25, 0.3) is 0 Å². The number of Topliss-reactive ketones (excluding diaryl/α,β-unsaturated/α-hetero) is 2. The molecule has 0 saturated heterocycles. The van der Waals surface area contributed by atoms with E-state index in [1.807, 2.05) is 30.3 Å². The Bertz CT molecular complexity index is 1110. The molecule has 3 aromatic rings. The zero-order valence-electron chi connectivity index (χ0n) is 23.2. The highest BCUT2D eigenvalue weighted by atomic mass is 32.2. The average Bonchev–Trinajstić information content (AvgIpc) is 3.41. The molecule has 6 heteroatoms. The molecule has 0 bridgehead atoms. The third-order valence-electron chi connectivity index (χ3n) is 5.29. The van der Waals surface area contributed by atoms with Gasteiger partial charge in [0.25, 0.3) is 0 Å². The fourth-order valence-corrected chi connectivity index (χ4v) is 3.86. The van der Waals surface area contributed by atoms with E-state index in [1.54, 1.807) is 30.8 Å². The molecule has 1 aliphatic rings. The summed E-state index contributed by atoms with van der Waals surface area (Å²) in [5.41, 5.74) is 9.39. The van der Waals surface area contributed by atoms with Crippen molar-refractivity contribution in [2.24, 2.45) is 10.7 Å². The van der Waals surface area contributed by atoms with Crippen molar-refractivity contribution in [1.82, 2.24) is 0 Å². The summed E-state index contributed by atoms with van der Waals surface area (Å²) in [4.78, 5) is 29.0. The first-order chi connectivity index (χ1) is 17.8. The second kappa shape index (κ2) is 18.3. The third-order valence-corrected chi connectivity index (χ3v) is 6.43. The van der Waals surface area contributed by atoms with Crippen LogP contribution in [-0.2, 0) is 0 Å². The van der Waals surface area contributed by atoms with Gasteiger partial charge in [0.2, 0.25) is 0 Å². The summed E-state index contributed by atoms with van der Waals surface area (Å²) in [6.45, 7) is 12.3. The molecule has 0 atom stereocenters. The lowest BCUT2D eigenvalue weighted by Crippen LogP contribution is -2.09. The van der Waals surface area contributed by atoms with Gasteiger partial charge in [-0.1, -0.05) is 89.4 Å². The summed E-state index contributed by atoms with van der Waals surface area (Å²) in [7, 11) is 0. The predicted octanol–water partition coefficient (Wildman–Crippen LogP) is 8.92. The van der Waals surface area contributed by atoms with Gasteiger partial charge in [-0.05, 0) is 43.8 Å². The van der Waals surface area contributed by atoms with Gasteiger partial charge in [-0.2, -0.15) is 0 Å². The van der Waals surface area contributed by atoms with E-state index in [0.29, 0.717) is 17.9 Å². The first-order valence-electron chi connectivity index (χ1n) is 13.1. The zero-order chi connectivity index (χ0) is 27.6. The molecule has 1 aromatic heterocycles. The predicted molar refractivity (Wildman–Crippen MR) is 157 cm³/mol. The summed E-state index contributed by atoms with van der Waals surface area (Å²) in [6, 6.07) is 17.3. The van der Waals surface area contributed by atoms with Crippen LogP contribution < -0.4 is 5.73 Å². The van der Waals surface area contributed by atoms with E-state index in [0.717, 1.165) is 28.3 Å². The van der Waals surface area contributed by atoms with Gasteiger partial charge in [0.1, 0.15) is 0 Å². The number of nitrogens with two attached hydrogens (primary N) is 1. The van der Waals surface area contributed by atoms with Crippen molar-refractivity contribution in [1.29, 1.82) is 0 Å². The minimum absolute atomic E-state index is 0.0324. The fourth-order valence-electron chi connectivity index (χ4n) is 2.83. The number of furan rings is 1. The average molecular weight is 523 g/mol. The molecule has 0 radical (unpaired) electrons. The lowest BCUT2D eigenvalue weighted by Gasteiger charge is -2.07. The molecular weight excluding hydrogens is 480 g/mol. The Kier molecular flexibility index (Phi) is 15.9. The first kappa shape index (κ1) is 32.1. The number of hydrogen-bond donors (Lipinski definition) is 1. The fraction of sp³-hybridized carbons (Fsp3) is 0.387. The van der Waals surface area contributed by atoms with Crippen molar-refractivity contribution < 1.29 is 14.0 Å². The van der Waals surface area contributed by atoms with Crippen molar-refractivity contribution in [3.8, 4) is 0 Å². The van der Waals surface area contributed by atoms with Gasteiger partial charge in [-0.3, -0.25) is 14.6 Å². The number of nitrogens with zero attached hydrogens (tertiary/aromatic N) is 1. The van der Waals surface area contributed by atoms with Gasteiger partial charge in [0.05, 0.1) is 17.7 Å². The van der Waals surface area contributed by atoms with Gasteiger partial charge in [0.15, 0.2) is 17.3 Å². The summed E-state index contributed by atoms with van der Waals surface area (Å²) in [5.74, 6) is 0.445. The Morgan fingerprint density at radius 3 is 1.97 bits per heavy atom. The molecule has 2 heterocycles. The molecule has 0 unspecified atom stereocenters. The molecule has 0 aliphatic carbocycles. The van der Waals surface area contributed by atoms with Crippen LogP contribution in [0.15, 0.2) is 80.1 Å². The number of unbranched alkanes of at least 4 members (excludes halogenated alkanes) is 2. The van der Waals surface area contributed by atoms with Crippen LogP contribution in [-0.4, -0.2) is 23.8 Å². The smallest absolute Gasteiger partial charge is 0.194 e. The van der Waals surface area contributed by atoms with E-state index in [-0.39, 0.29) is 11.6 Å². The molecule has 0 saturated carbocycles. The quantitative estimate of drug-likeness (QED) is 0.327. The Hall–Kier alpha value is -2.96. The van der Waals surface area contributed by atoms with Crippen LogP contribution in [0.2, 0.25) is 0 Å². The minimum Gasteiger partial charge on any atom is -0.461 e. The number of hydrogen-bond acceptors (Lipinski definition) is 6. The number of carbonyl (C=O) groups is 2. The lowest BCUT2D eigenvalue weighted by atomic mass is 10.1.